The van der Waals surface area contributed by atoms with Crippen molar-refractivity contribution in [3.05, 3.63) is 34.4 Å². The van der Waals surface area contributed by atoms with Gasteiger partial charge in [0.1, 0.15) is 0 Å². The molecule has 0 aromatic heterocycles. The molecule has 0 aliphatic heterocycles. The first-order valence-electron chi connectivity index (χ1n) is 8.26. The minimum atomic E-state index is -1.04. The van der Waals surface area contributed by atoms with Gasteiger partial charge in [-0.1, -0.05) is 26.8 Å². The van der Waals surface area contributed by atoms with Crippen LogP contribution in [-0.4, -0.2) is 15.3 Å². The van der Waals surface area contributed by atoms with Crippen LogP contribution in [0.3, 0.4) is 0 Å². The van der Waals surface area contributed by atoms with Crippen LogP contribution in [0.5, 0.6) is 0 Å². The quantitative estimate of drug-likeness (QED) is 0.748. The summed E-state index contributed by atoms with van der Waals surface area (Å²) in [4.78, 5) is 0. The van der Waals surface area contributed by atoms with Crippen LogP contribution in [0.2, 0.25) is 0 Å². The Hall–Kier alpha value is -0.900. The van der Waals surface area contributed by atoms with E-state index in [-0.39, 0.29) is 0 Å². The van der Waals surface area contributed by atoms with Crippen molar-refractivity contribution < 1.29 is 15.3 Å². The van der Waals surface area contributed by atoms with Crippen LogP contribution >= 0.6 is 0 Å². The summed E-state index contributed by atoms with van der Waals surface area (Å²) in [5, 5.41) is 32.2. The highest BCUT2D eigenvalue weighted by Crippen LogP contribution is 2.39. The summed E-state index contributed by atoms with van der Waals surface area (Å²) >= 11 is 0. The molecule has 3 unspecified atom stereocenters. The van der Waals surface area contributed by atoms with Gasteiger partial charge in [-0.2, -0.15) is 0 Å². The van der Waals surface area contributed by atoms with Crippen LogP contribution in [0.4, 0.5) is 0 Å². The third-order valence-corrected chi connectivity index (χ3v) is 5.17. The van der Waals surface area contributed by atoms with Gasteiger partial charge in [0.25, 0.3) is 0 Å². The molecule has 0 heterocycles. The fourth-order valence-electron chi connectivity index (χ4n) is 2.75. The van der Waals surface area contributed by atoms with Crippen molar-refractivity contribution in [3.63, 3.8) is 0 Å². The van der Waals surface area contributed by atoms with E-state index in [0.29, 0.717) is 24.8 Å². The van der Waals surface area contributed by atoms with E-state index >= 15 is 0 Å². The Bertz CT molecular complexity index is 528. The highest BCUT2D eigenvalue weighted by Gasteiger charge is 2.34. The van der Waals surface area contributed by atoms with E-state index in [0.717, 1.165) is 16.7 Å². The van der Waals surface area contributed by atoms with Crippen molar-refractivity contribution >= 4 is 0 Å². The molecule has 0 saturated carbocycles. The molecule has 3 atom stereocenters. The van der Waals surface area contributed by atoms with Crippen molar-refractivity contribution in [2.45, 2.75) is 84.5 Å². The third kappa shape index (κ3) is 3.53. The van der Waals surface area contributed by atoms with Gasteiger partial charge in [0.15, 0.2) is 0 Å². The Kier molecular flexibility index (Phi) is 5.49. The van der Waals surface area contributed by atoms with Crippen LogP contribution in [0, 0.1) is 6.92 Å². The van der Waals surface area contributed by atoms with Crippen molar-refractivity contribution in [2.24, 2.45) is 0 Å². The lowest BCUT2D eigenvalue weighted by Crippen LogP contribution is -2.31. The van der Waals surface area contributed by atoms with Crippen molar-refractivity contribution in [2.75, 3.05) is 0 Å². The van der Waals surface area contributed by atoms with E-state index in [2.05, 4.69) is 0 Å². The number of rotatable bonds is 6. The predicted octanol–water partition coefficient (Wildman–Crippen LogP) is 3.85. The van der Waals surface area contributed by atoms with Gasteiger partial charge in [-0.05, 0) is 75.3 Å². The lowest BCUT2D eigenvalue weighted by Gasteiger charge is -2.35. The topological polar surface area (TPSA) is 60.7 Å². The Morgan fingerprint density at radius 1 is 0.682 bits per heavy atom. The summed E-state index contributed by atoms with van der Waals surface area (Å²) in [5.74, 6) is 0. The number of hydrogen-bond donors (Lipinski definition) is 3. The molecule has 0 aliphatic carbocycles. The van der Waals surface area contributed by atoms with E-state index in [1.807, 2.05) is 39.8 Å². The Morgan fingerprint density at radius 3 is 1.36 bits per heavy atom. The van der Waals surface area contributed by atoms with Gasteiger partial charge >= 0.3 is 0 Å². The molecule has 0 spiro atoms. The molecular formula is C19H32O3. The largest absolute Gasteiger partial charge is 0.385 e. The standard InChI is InChI=1S/C19H32O3/c1-8-17(5,20)14-12-16(19(7,22)10-3)15(11-13(14)4)18(6,21)9-2/h11-12,20-22H,8-10H2,1-7H3. The molecule has 0 saturated heterocycles. The summed E-state index contributed by atoms with van der Waals surface area (Å²) < 4.78 is 0. The summed E-state index contributed by atoms with van der Waals surface area (Å²) in [6.07, 6.45) is 1.68. The molecule has 3 heteroatoms. The Morgan fingerprint density at radius 2 is 1.00 bits per heavy atom. The predicted molar refractivity (Wildman–Crippen MR) is 90.8 cm³/mol. The number of benzene rings is 1. The fourth-order valence-corrected chi connectivity index (χ4v) is 2.75. The zero-order chi connectivity index (χ0) is 17.3. The summed E-state index contributed by atoms with van der Waals surface area (Å²) in [6.45, 7) is 13.0. The number of aryl methyl sites for hydroxylation is 1. The van der Waals surface area contributed by atoms with Gasteiger partial charge in [-0.3, -0.25) is 0 Å². The van der Waals surface area contributed by atoms with Crippen LogP contribution in [-0.2, 0) is 16.8 Å². The van der Waals surface area contributed by atoms with Gasteiger partial charge in [-0.15, -0.1) is 0 Å². The average molecular weight is 308 g/mol. The van der Waals surface area contributed by atoms with Gasteiger partial charge in [-0.25, -0.2) is 0 Å². The maximum atomic E-state index is 10.8. The molecule has 1 aromatic carbocycles. The molecule has 22 heavy (non-hydrogen) atoms. The summed E-state index contributed by atoms with van der Waals surface area (Å²) in [6, 6.07) is 3.80. The van der Waals surface area contributed by atoms with Crippen molar-refractivity contribution in [1.82, 2.24) is 0 Å². The zero-order valence-corrected chi connectivity index (χ0v) is 15.1. The highest BCUT2D eigenvalue weighted by molar-refractivity contribution is 5.45. The first-order chi connectivity index (χ1) is 9.93. The molecule has 3 nitrogen and oxygen atoms in total. The molecule has 0 amide bonds. The van der Waals surface area contributed by atoms with E-state index < -0.39 is 16.8 Å². The zero-order valence-electron chi connectivity index (χ0n) is 15.1. The second-order valence-corrected chi connectivity index (χ2v) is 7.09. The van der Waals surface area contributed by atoms with Crippen LogP contribution < -0.4 is 0 Å². The van der Waals surface area contributed by atoms with Crippen LogP contribution in [0.25, 0.3) is 0 Å². The molecule has 0 bridgehead atoms. The van der Waals surface area contributed by atoms with Gasteiger partial charge in [0.2, 0.25) is 0 Å². The van der Waals surface area contributed by atoms with Gasteiger partial charge in [0, 0.05) is 0 Å². The second kappa shape index (κ2) is 6.31. The van der Waals surface area contributed by atoms with Crippen molar-refractivity contribution in [1.29, 1.82) is 0 Å². The van der Waals surface area contributed by atoms with Gasteiger partial charge < -0.3 is 15.3 Å². The number of hydrogen-bond acceptors (Lipinski definition) is 3. The highest BCUT2D eigenvalue weighted by atomic mass is 16.3. The number of aliphatic hydroxyl groups is 3. The summed E-state index contributed by atoms with van der Waals surface area (Å²) in [5.41, 5.74) is 0.211. The summed E-state index contributed by atoms with van der Waals surface area (Å²) in [7, 11) is 0. The lowest BCUT2D eigenvalue weighted by molar-refractivity contribution is 0.0252. The second-order valence-electron chi connectivity index (χ2n) is 7.09. The molecule has 1 rings (SSSR count). The van der Waals surface area contributed by atoms with Crippen molar-refractivity contribution in [3.8, 4) is 0 Å². The SMILES string of the molecule is CCC(C)(O)c1cc(C(C)(O)CC)c(C(C)(O)CC)cc1C. The molecule has 0 aliphatic rings. The van der Waals surface area contributed by atoms with E-state index in [1.165, 1.54) is 0 Å². The minimum absolute atomic E-state index is 0.538. The average Bonchev–Trinajstić information content (AvgIpc) is 2.46. The molecule has 0 radical (unpaired) electrons. The van der Waals surface area contributed by atoms with E-state index in [4.69, 9.17) is 0 Å². The van der Waals surface area contributed by atoms with Crippen LogP contribution in [0.15, 0.2) is 12.1 Å². The molecule has 1 aromatic rings. The van der Waals surface area contributed by atoms with Crippen LogP contribution in [0.1, 0.15) is 83.1 Å². The normalized spacial score (nSPS) is 20.1. The molecule has 126 valence electrons. The van der Waals surface area contributed by atoms with E-state index in [9.17, 15) is 15.3 Å². The van der Waals surface area contributed by atoms with Gasteiger partial charge in [0.05, 0.1) is 16.8 Å². The smallest absolute Gasteiger partial charge is 0.0869 e. The third-order valence-electron chi connectivity index (χ3n) is 5.17. The van der Waals surface area contributed by atoms with E-state index in [1.54, 1.807) is 20.8 Å². The fraction of sp³-hybridized carbons (Fsp3) is 0.684. The first kappa shape index (κ1) is 19.1. The first-order valence-corrected chi connectivity index (χ1v) is 8.26. The molecular weight excluding hydrogens is 276 g/mol. The monoisotopic (exact) mass is 308 g/mol. The maximum absolute atomic E-state index is 10.8. The Balaban J connectivity index is 3.72. The Labute approximate surface area is 135 Å². The lowest BCUT2D eigenvalue weighted by atomic mass is 9.77. The maximum Gasteiger partial charge on any atom is 0.0869 e. The minimum Gasteiger partial charge on any atom is -0.385 e. The molecule has 3 N–H and O–H groups in total. The molecule has 0 fully saturated rings.